The van der Waals surface area contributed by atoms with E-state index in [0.29, 0.717) is 6.04 Å². The van der Waals surface area contributed by atoms with Crippen LogP contribution in [0, 0.1) is 6.92 Å². The van der Waals surface area contributed by atoms with E-state index in [-0.39, 0.29) is 0 Å². The lowest BCUT2D eigenvalue weighted by molar-refractivity contribution is 0.537. The third kappa shape index (κ3) is 3.88. The van der Waals surface area contributed by atoms with E-state index in [1.807, 2.05) is 16.8 Å². The van der Waals surface area contributed by atoms with Crippen LogP contribution in [0.4, 0.5) is 0 Å². The largest absolute Gasteiger partial charge is 0.309 e. The summed E-state index contributed by atoms with van der Waals surface area (Å²) in [6.45, 7) is 7.60. The molecule has 0 aliphatic rings. The summed E-state index contributed by atoms with van der Waals surface area (Å²) in [5, 5.41) is 3.67. The van der Waals surface area contributed by atoms with E-state index in [4.69, 9.17) is 0 Å². The predicted octanol–water partition coefficient (Wildman–Crippen LogP) is 4.36. The van der Waals surface area contributed by atoms with Gasteiger partial charge in [0.05, 0.1) is 11.2 Å². The molecule has 1 N–H and O–H groups in total. The van der Waals surface area contributed by atoms with Crippen LogP contribution in [-0.2, 0) is 12.8 Å². The first-order valence-electron chi connectivity index (χ1n) is 6.95. The van der Waals surface area contributed by atoms with Crippen LogP contribution in [0.2, 0.25) is 0 Å². The third-order valence-corrected chi connectivity index (χ3v) is 5.51. The molecule has 2 heterocycles. The molecule has 0 spiro atoms. The zero-order chi connectivity index (χ0) is 13.7. The van der Waals surface area contributed by atoms with Crippen molar-refractivity contribution in [2.24, 2.45) is 0 Å². The molecule has 2 aromatic rings. The Hall–Kier alpha value is -0.710. The zero-order valence-electron chi connectivity index (χ0n) is 11.9. The molecule has 19 heavy (non-hydrogen) atoms. The summed E-state index contributed by atoms with van der Waals surface area (Å²) in [4.78, 5) is 8.73. The fourth-order valence-electron chi connectivity index (χ4n) is 2.14. The molecule has 0 bridgehead atoms. The molecule has 0 aromatic carbocycles. The highest BCUT2D eigenvalue weighted by Crippen LogP contribution is 2.28. The zero-order valence-corrected chi connectivity index (χ0v) is 13.5. The Morgan fingerprint density at radius 2 is 2.05 bits per heavy atom. The second-order valence-electron chi connectivity index (χ2n) is 4.73. The van der Waals surface area contributed by atoms with Crippen molar-refractivity contribution in [1.82, 2.24) is 10.3 Å². The van der Waals surface area contributed by atoms with Crippen molar-refractivity contribution in [2.75, 3.05) is 6.54 Å². The van der Waals surface area contributed by atoms with E-state index in [1.165, 1.54) is 26.7 Å². The van der Waals surface area contributed by atoms with E-state index in [1.54, 1.807) is 11.3 Å². The number of hydrogen-bond donors (Lipinski definition) is 1. The van der Waals surface area contributed by atoms with Crippen LogP contribution >= 0.6 is 22.7 Å². The first kappa shape index (κ1) is 14.7. The summed E-state index contributed by atoms with van der Waals surface area (Å²) in [5.74, 6) is 0. The Morgan fingerprint density at radius 3 is 2.63 bits per heavy atom. The molecular weight excluding hydrogens is 272 g/mol. The molecule has 0 aliphatic heterocycles. The molecule has 0 radical (unpaired) electrons. The molecule has 0 amide bonds. The molecule has 0 fully saturated rings. The van der Waals surface area contributed by atoms with Crippen molar-refractivity contribution < 1.29 is 0 Å². The Balaban J connectivity index is 2.11. The number of thiazole rings is 1. The van der Waals surface area contributed by atoms with Crippen LogP contribution in [0.5, 0.6) is 0 Å². The van der Waals surface area contributed by atoms with Gasteiger partial charge in [-0.05, 0) is 38.4 Å². The molecule has 104 valence electrons. The number of nitrogens with one attached hydrogen (secondary N) is 1. The number of thiophene rings is 1. The van der Waals surface area contributed by atoms with Crippen molar-refractivity contribution in [3.8, 4) is 0 Å². The normalized spacial score (nSPS) is 12.8. The van der Waals surface area contributed by atoms with Gasteiger partial charge in [-0.2, -0.15) is 0 Å². The second-order valence-corrected chi connectivity index (χ2v) is 6.87. The molecule has 0 aliphatic carbocycles. The van der Waals surface area contributed by atoms with Crippen LogP contribution in [0.1, 0.15) is 46.6 Å². The van der Waals surface area contributed by atoms with Crippen molar-refractivity contribution in [3.63, 3.8) is 0 Å². The summed E-state index contributed by atoms with van der Waals surface area (Å²) >= 11 is 3.71. The fraction of sp³-hybridized carbons (Fsp3) is 0.533. The summed E-state index contributed by atoms with van der Waals surface area (Å²) in [6, 6.07) is 4.95. The van der Waals surface area contributed by atoms with Gasteiger partial charge in [0.25, 0.3) is 0 Å². The van der Waals surface area contributed by atoms with Crippen molar-refractivity contribution in [3.05, 3.63) is 38.0 Å². The molecular formula is C15H22N2S2. The van der Waals surface area contributed by atoms with Gasteiger partial charge in [-0.25, -0.2) is 4.98 Å². The highest BCUT2D eigenvalue weighted by atomic mass is 32.1. The Bertz CT molecular complexity index is 502. The fourth-order valence-corrected chi connectivity index (χ4v) is 4.03. The van der Waals surface area contributed by atoms with E-state index < -0.39 is 0 Å². The monoisotopic (exact) mass is 294 g/mol. The van der Waals surface area contributed by atoms with E-state index in [9.17, 15) is 0 Å². The second kappa shape index (κ2) is 7.17. The quantitative estimate of drug-likeness (QED) is 0.820. The Kier molecular flexibility index (Phi) is 5.55. The summed E-state index contributed by atoms with van der Waals surface area (Å²) in [5.41, 5.74) is 3.13. The predicted molar refractivity (Wildman–Crippen MR) is 85.3 cm³/mol. The van der Waals surface area contributed by atoms with E-state index in [0.717, 1.165) is 19.4 Å². The molecule has 2 nitrogen and oxygen atoms in total. The summed E-state index contributed by atoms with van der Waals surface area (Å²) < 4.78 is 0. The average Bonchev–Trinajstić information content (AvgIpc) is 3.03. The first-order valence-corrected chi connectivity index (χ1v) is 8.65. The lowest BCUT2D eigenvalue weighted by atomic mass is 10.1. The molecule has 4 heteroatoms. The molecule has 0 saturated heterocycles. The van der Waals surface area contributed by atoms with E-state index >= 15 is 0 Å². The number of aromatic nitrogens is 1. The van der Waals surface area contributed by atoms with E-state index in [2.05, 4.69) is 43.2 Å². The van der Waals surface area contributed by atoms with Gasteiger partial charge in [0, 0.05) is 27.1 Å². The van der Waals surface area contributed by atoms with Crippen LogP contribution in [0.15, 0.2) is 17.6 Å². The molecule has 2 aromatic heterocycles. The van der Waals surface area contributed by atoms with Crippen LogP contribution in [-0.4, -0.2) is 11.5 Å². The smallest absolute Gasteiger partial charge is 0.0798 e. The lowest BCUT2D eigenvalue weighted by Gasteiger charge is -2.17. The number of nitrogens with zero attached hydrogens (tertiary/aromatic N) is 1. The molecule has 0 saturated carbocycles. The van der Waals surface area contributed by atoms with Crippen LogP contribution in [0.3, 0.4) is 0 Å². The minimum atomic E-state index is 0.413. The molecule has 2 rings (SSSR count). The van der Waals surface area contributed by atoms with Crippen molar-refractivity contribution in [2.45, 2.75) is 46.1 Å². The minimum absolute atomic E-state index is 0.413. The van der Waals surface area contributed by atoms with Gasteiger partial charge in [-0.15, -0.1) is 22.7 Å². The van der Waals surface area contributed by atoms with Gasteiger partial charge in [0.2, 0.25) is 0 Å². The standard InChI is InChI=1S/C15H22N2S2/c1-4-8-16-14(15-11(3)17-10-18-15)9-13-7-6-12(5-2)19-13/h6-7,10,14,16H,4-5,8-9H2,1-3H3. The van der Waals surface area contributed by atoms with Gasteiger partial charge in [0.1, 0.15) is 0 Å². The molecule has 1 unspecified atom stereocenters. The number of aryl methyl sites for hydroxylation is 2. The SMILES string of the molecule is CCCNC(Cc1ccc(CC)s1)c1scnc1C. The maximum absolute atomic E-state index is 4.39. The Morgan fingerprint density at radius 1 is 1.26 bits per heavy atom. The van der Waals surface area contributed by atoms with Crippen molar-refractivity contribution >= 4 is 22.7 Å². The maximum atomic E-state index is 4.39. The molecule has 1 atom stereocenters. The van der Waals surface area contributed by atoms with Crippen molar-refractivity contribution in [1.29, 1.82) is 0 Å². The van der Waals surface area contributed by atoms with Gasteiger partial charge in [-0.3, -0.25) is 0 Å². The summed E-state index contributed by atoms with van der Waals surface area (Å²) in [7, 11) is 0. The maximum Gasteiger partial charge on any atom is 0.0798 e. The number of rotatable bonds is 7. The third-order valence-electron chi connectivity index (χ3n) is 3.21. The van der Waals surface area contributed by atoms with Gasteiger partial charge >= 0.3 is 0 Å². The van der Waals surface area contributed by atoms with Gasteiger partial charge in [0.15, 0.2) is 0 Å². The van der Waals surface area contributed by atoms with Crippen LogP contribution in [0.25, 0.3) is 0 Å². The number of hydrogen-bond acceptors (Lipinski definition) is 4. The highest BCUT2D eigenvalue weighted by Gasteiger charge is 2.17. The minimum Gasteiger partial charge on any atom is -0.309 e. The Labute approximate surface area is 123 Å². The average molecular weight is 294 g/mol. The lowest BCUT2D eigenvalue weighted by Crippen LogP contribution is -2.23. The highest BCUT2D eigenvalue weighted by molar-refractivity contribution is 7.12. The van der Waals surface area contributed by atoms with Gasteiger partial charge in [-0.1, -0.05) is 13.8 Å². The first-order chi connectivity index (χ1) is 9.24. The van der Waals surface area contributed by atoms with Crippen LogP contribution < -0.4 is 5.32 Å². The van der Waals surface area contributed by atoms with Gasteiger partial charge < -0.3 is 5.32 Å². The topological polar surface area (TPSA) is 24.9 Å². The summed E-state index contributed by atoms with van der Waals surface area (Å²) in [6.07, 6.45) is 3.38.